The molecule has 136 valence electrons. The molecular weight excluding hydrogens is 377 g/mol. The quantitative estimate of drug-likeness (QED) is 0.866. The van der Waals surface area contributed by atoms with Gasteiger partial charge in [-0.3, -0.25) is 9.59 Å². The summed E-state index contributed by atoms with van der Waals surface area (Å²) in [6.07, 6.45) is 1.50. The predicted molar refractivity (Wildman–Crippen MR) is 99.9 cm³/mol. The third-order valence-electron chi connectivity index (χ3n) is 4.09. The summed E-state index contributed by atoms with van der Waals surface area (Å²) in [5.74, 6) is 0.0411. The fourth-order valence-electron chi connectivity index (χ4n) is 2.65. The van der Waals surface area contributed by atoms with Crippen molar-refractivity contribution in [3.8, 4) is 0 Å². The maximum Gasteiger partial charge on any atom is 0.272 e. The lowest BCUT2D eigenvalue weighted by Gasteiger charge is -2.34. The molecule has 0 spiro atoms. The summed E-state index contributed by atoms with van der Waals surface area (Å²) < 4.78 is 0. The van der Waals surface area contributed by atoms with E-state index in [4.69, 9.17) is 23.2 Å². The van der Waals surface area contributed by atoms with Gasteiger partial charge in [0.15, 0.2) is 0 Å². The minimum Gasteiger partial charge on any atom is -0.339 e. The van der Waals surface area contributed by atoms with E-state index in [0.717, 1.165) is 0 Å². The van der Waals surface area contributed by atoms with Crippen LogP contribution in [0.3, 0.4) is 0 Å². The Kier molecular flexibility index (Phi) is 5.58. The van der Waals surface area contributed by atoms with E-state index in [-0.39, 0.29) is 23.5 Å². The molecule has 1 aliphatic heterocycles. The van der Waals surface area contributed by atoms with Crippen LogP contribution in [0.25, 0.3) is 0 Å². The van der Waals surface area contributed by atoms with Crippen LogP contribution in [-0.2, 0) is 4.79 Å². The Hall–Kier alpha value is -2.38. The number of piperazine rings is 1. The van der Waals surface area contributed by atoms with Crippen molar-refractivity contribution in [1.82, 2.24) is 19.8 Å². The summed E-state index contributed by atoms with van der Waals surface area (Å²) in [4.78, 5) is 35.8. The summed E-state index contributed by atoms with van der Waals surface area (Å²) in [5, 5.41) is 3.81. The highest BCUT2D eigenvalue weighted by Gasteiger charge is 2.24. The second kappa shape index (κ2) is 7.88. The second-order valence-corrected chi connectivity index (χ2v) is 6.60. The first-order valence-electron chi connectivity index (χ1n) is 8.04. The van der Waals surface area contributed by atoms with Crippen LogP contribution < -0.4 is 5.32 Å². The number of amides is 2. The fraction of sp³-hybridized carbons (Fsp3) is 0.294. The number of carbonyl (C=O) groups excluding carboxylic acids is 2. The highest BCUT2D eigenvalue weighted by atomic mass is 35.5. The normalized spacial score (nSPS) is 14.3. The molecule has 1 aromatic heterocycles. The van der Waals surface area contributed by atoms with Gasteiger partial charge < -0.3 is 15.1 Å². The van der Waals surface area contributed by atoms with Gasteiger partial charge in [0.05, 0.1) is 15.7 Å². The van der Waals surface area contributed by atoms with Gasteiger partial charge >= 0.3 is 0 Å². The molecule has 1 N–H and O–H groups in total. The van der Waals surface area contributed by atoms with Crippen LogP contribution in [0.4, 0.5) is 11.6 Å². The van der Waals surface area contributed by atoms with Gasteiger partial charge in [-0.25, -0.2) is 9.97 Å². The minimum absolute atomic E-state index is 0.0160. The summed E-state index contributed by atoms with van der Waals surface area (Å²) in [5.41, 5.74) is 0.748. The molecule has 1 aromatic carbocycles. The van der Waals surface area contributed by atoms with Gasteiger partial charge in [0.25, 0.3) is 5.91 Å². The lowest BCUT2D eigenvalue weighted by atomic mass is 10.2. The van der Waals surface area contributed by atoms with E-state index in [1.807, 2.05) is 0 Å². The van der Waals surface area contributed by atoms with Crippen molar-refractivity contribution in [2.75, 3.05) is 31.5 Å². The number of hydrogen-bond acceptors (Lipinski definition) is 5. The van der Waals surface area contributed by atoms with Crippen molar-refractivity contribution in [3.63, 3.8) is 0 Å². The zero-order valence-electron chi connectivity index (χ0n) is 14.1. The van der Waals surface area contributed by atoms with E-state index in [9.17, 15) is 9.59 Å². The maximum atomic E-state index is 12.7. The lowest BCUT2D eigenvalue weighted by Crippen LogP contribution is -2.50. The Morgan fingerprint density at radius 2 is 1.65 bits per heavy atom. The fourth-order valence-corrected chi connectivity index (χ4v) is 3.15. The van der Waals surface area contributed by atoms with Gasteiger partial charge in [0.1, 0.15) is 5.69 Å². The zero-order valence-corrected chi connectivity index (χ0v) is 15.6. The topological polar surface area (TPSA) is 78.4 Å². The van der Waals surface area contributed by atoms with E-state index >= 15 is 0 Å². The van der Waals surface area contributed by atoms with Crippen LogP contribution in [0.1, 0.15) is 17.4 Å². The lowest BCUT2D eigenvalue weighted by molar-refractivity contribution is -0.130. The van der Waals surface area contributed by atoms with Crippen LogP contribution in [0.2, 0.25) is 10.0 Å². The van der Waals surface area contributed by atoms with E-state index in [0.29, 0.717) is 41.9 Å². The molecule has 2 amide bonds. The Balaban J connectivity index is 1.73. The van der Waals surface area contributed by atoms with Crippen molar-refractivity contribution in [2.45, 2.75) is 6.92 Å². The highest BCUT2D eigenvalue weighted by molar-refractivity contribution is 6.39. The first kappa shape index (κ1) is 18.4. The average molecular weight is 394 g/mol. The number of nitrogens with one attached hydrogen (secondary N) is 1. The van der Waals surface area contributed by atoms with Gasteiger partial charge in [-0.2, -0.15) is 0 Å². The van der Waals surface area contributed by atoms with E-state index in [1.165, 1.54) is 13.1 Å². The van der Waals surface area contributed by atoms with Crippen LogP contribution >= 0.6 is 23.2 Å². The average Bonchev–Trinajstić information content (AvgIpc) is 2.64. The molecule has 3 rings (SSSR count). The molecule has 2 aromatic rings. The van der Waals surface area contributed by atoms with E-state index in [2.05, 4.69) is 15.3 Å². The van der Waals surface area contributed by atoms with Crippen molar-refractivity contribution < 1.29 is 9.59 Å². The van der Waals surface area contributed by atoms with Gasteiger partial charge in [0, 0.05) is 39.3 Å². The number of para-hydroxylation sites is 1. The predicted octanol–water partition coefficient (Wildman–Crippen LogP) is 2.83. The molecule has 2 heterocycles. The molecule has 1 aliphatic rings. The van der Waals surface area contributed by atoms with Crippen molar-refractivity contribution in [1.29, 1.82) is 0 Å². The van der Waals surface area contributed by atoms with Crippen LogP contribution in [0.5, 0.6) is 0 Å². The SMILES string of the molecule is CC(=O)N1CCN(C(=O)c2ccnc(Nc3c(Cl)cccc3Cl)n2)CC1. The summed E-state index contributed by atoms with van der Waals surface area (Å²) in [7, 11) is 0. The smallest absolute Gasteiger partial charge is 0.272 e. The maximum absolute atomic E-state index is 12.7. The summed E-state index contributed by atoms with van der Waals surface area (Å²) in [6.45, 7) is 3.52. The number of nitrogens with zero attached hydrogens (tertiary/aromatic N) is 4. The molecule has 1 fully saturated rings. The number of halogens is 2. The third-order valence-corrected chi connectivity index (χ3v) is 4.72. The standard InChI is InChI=1S/C17H17Cl2N5O2/c1-11(25)23-7-9-24(10-8-23)16(26)14-5-6-20-17(21-14)22-15-12(18)3-2-4-13(15)19/h2-6H,7-10H2,1H3,(H,20,21,22). The molecule has 1 saturated heterocycles. The summed E-state index contributed by atoms with van der Waals surface area (Å²) >= 11 is 12.3. The molecule has 0 unspecified atom stereocenters. The van der Waals surface area contributed by atoms with Gasteiger partial charge in [-0.05, 0) is 18.2 Å². The van der Waals surface area contributed by atoms with E-state index < -0.39 is 0 Å². The number of anilines is 2. The Labute approximate surface area is 160 Å². The van der Waals surface area contributed by atoms with Crippen LogP contribution in [0.15, 0.2) is 30.5 Å². The molecule has 0 atom stereocenters. The van der Waals surface area contributed by atoms with E-state index in [1.54, 1.807) is 34.1 Å². The van der Waals surface area contributed by atoms with Gasteiger partial charge in [-0.1, -0.05) is 29.3 Å². The van der Waals surface area contributed by atoms with Crippen molar-refractivity contribution in [2.24, 2.45) is 0 Å². The number of rotatable bonds is 3. The zero-order chi connectivity index (χ0) is 18.7. The molecule has 0 aliphatic carbocycles. The second-order valence-electron chi connectivity index (χ2n) is 5.79. The highest BCUT2D eigenvalue weighted by Crippen LogP contribution is 2.31. The molecule has 9 heteroatoms. The Morgan fingerprint density at radius 1 is 1.04 bits per heavy atom. The molecule has 0 bridgehead atoms. The van der Waals surface area contributed by atoms with Gasteiger partial charge in [0.2, 0.25) is 11.9 Å². The number of carbonyl (C=O) groups is 2. The molecular formula is C17H17Cl2N5O2. The summed E-state index contributed by atoms with van der Waals surface area (Å²) in [6, 6.07) is 6.68. The Morgan fingerprint density at radius 3 is 2.27 bits per heavy atom. The van der Waals surface area contributed by atoms with Crippen molar-refractivity contribution >= 4 is 46.7 Å². The van der Waals surface area contributed by atoms with Gasteiger partial charge in [-0.15, -0.1) is 0 Å². The monoisotopic (exact) mass is 393 g/mol. The third kappa shape index (κ3) is 4.05. The molecule has 0 saturated carbocycles. The first-order valence-corrected chi connectivity index (χ1v) is 8.80. The first-order chi connectivity index (χ1) is 12.5. The largest absolute Gasteiger partial charge is 0.339 e. The number of benzene rings is 1. The Bertz CT molecular complexity index is 817. The number of aromatic nitrogens is 2. The van der Waals surface area contributed by atoms with Crippen LogP contribution in [0, 0.1) is 0 Å². The molecule has 26 heavy (non-hydrogen) atoms. The number of hydrogen-bond donors (Lipinski definition) is 1. The molecule has 0 radical (unpaired) electrons. The minimum atomic E-state index is -0.205. The molecule has 7 nitrogen and oxygen atoms in total. The van der Waals surface area contributed by atoms with Crippen molar-refractivity contribution in [3.05, 3.63) is 46.2 Å². The van der Waals surface area contributed by atoms with Crippen LogP contribution in [-0.4, -0.2) is 57.8 Å².